The van der Waals surface area contributed by atoms with E-state index in [2.05, 4.69) is 5.32 Å². The van der Waals surface area contributed by atoms with Crippen molar-refractivity contribution in [3.63, 3.8) is 0 Å². The lowest BCUT2D eigenvalue weighted by Gasteiger charge is -2.24. The van der Waals surface area contributed by atoms with Crippen LogP contribution in [0, 0.1) is 6.92 Å². The molecule has 0 bridgehead atoms. The third-order valence-corrected chi connectivity index (χ3v) is 3.35. The SMILES string of the molecule is CCC(C)(NC(=O)COc1cc(C)ccc1Cl)C(=O)O. The van der Waals surface area contributed by atoms with Gasteiger partial charge in [0.1, 0.15) is 11.3 Å². The van der Waals surface area contributed by atoms with Crippen LogP contribution in [0.4, 0.5) is 0 Å². The number of hydrogen-bond acceptors (Lipinski definition) is 3. The number of carbonyl (C=O) groups is 2. The Bertz CT molecular complexity index is 518. The van der Waals surface area contributed by atoms with Crippen LogP contribution in [0.5, 0.6) is 5.75 Å². The molecule has 110 valence electrons. The van der Waals surface area contributed by atoms with Gasteiger partial charge in [-0.05, 0) is 38.0 Å². The number of nitrogens with one attached hydrogen (secondary N) is 1. The molecule has 0 saturated heterocycles. The lowest BCUT2D eigenvalue weighted by molar-refractivity contribution is -0.147. The van der Waals surface area contributed by atoms with Crippen molar-refractivity contribution < 1.29 is 19.4 Å². The smallest absolute Gasteiger partial charge is 0.329 e. The van der Waals surface area contributed by atoms with Crippen molar-refractivity contribution in [2.24, 2.45) is 0 Å². The van der Waals surface area contributed by atoms with E-state index in [0.717, 1.165) is 5.56 Å². The summed E-state index contributed by atoms with van der Waals surface area (Å²) in [5, 5.41) is 11.9. The van der Waals surface area contributed by atoms with Crippen LogP contribution in [0.3, 0.4) is 0 Å². The molecule has 1 aromatic rings. The average Bonchev–Trinajstić information content (AvgIpc) is 2.39. The molecule has 0 saturated carbocycles. The fourth-order valence-corrected chi connectivity index (χ4v) is 1.67. The van der Waals surface area contributed by atoms with E-state index < -0.39 is 17.4 Å². The second-order valence-electron chi connectivity index (χ2n) is 4.76. The Morgan fingerprint density at radius 2 is 2.10 bits per heavy atom. The van der Waals surface area contributed by atoms with Gasteiger partial charge in [0.25, 0.3) is 5.91 Å². The minimum absolute atomic E-state index is 0.277. The molecule has 6 heteroatoms. The number of hydrogen-bond donors (Lipinski definition) is 2. The highest BCUT2D eigenvalue weighted by Gasteiger charge is 2.32. The first-order chi connectivity index (χ1) is 9.28. The largest absolute Gasteiger partial charge is 0.482 e. The molecular weight excluding hydrogens is 282 g/mol. The molecule has 0 aliphatic heterocycles. The summed E-state index contributed by atoms with van der Waals surface area (Å²) in [6, 6.07) is 5.22. The summed E-state index contributed by atoms with van der Waals surface area (Å²) in [6.07, 6.45) is 0.277. The van der Waals surface area contributed by atoms with Crippen LogP contribution >= 0.6 is 11.6 Å². The lowest BCUT2D eigenvalue weighted by Crippen LogP contribution is -2.53. The molecule has 1 unspecified atom stereocenters. The van der Waals surface area contributed by atoms with Crippen LogP contribution < -0.4 is 10.1 Å². The maximum Gasteiger partial charge on any atom is 0.329 e. The molecule has 0 radical (unpaired) electrons. The molecule has 20 heavy (non-hydrogen) atoms. The minimum atomic E-state index is -1.29. The molecule has 1 amide bonds. The molecule has 1 rings (SSSR count). The van der Waals surface area contributed by atoms with E-state index in [1.165, 1.54) is 6.92 Å². The van der Waals surface area contributed by atoms with Gasteiger partial charge in [-0.25, -0.2) is 4.79 Å². The van der Waals surface area contributed by atoms with Crippen molar-refractivity contribution in [1.82, 2.24) is 5.32 Å². The zero-order valence-corrected chi connectivity index (χ0v) is 12.5. The zero-order chi connectivity index (χ0) is 15.3. The number of rotatable bonds is 6. The standard InChI is InChI=1S/C14H18ClNO4/c1-4-14(3,13(18)19)16-12(17)8-20-11-7-9(2)5-6-10(11)15/h5-7H,4,8H2,1-3H3,(H,16,17)(H,18,19). The van der Waals surface area contributed by atoms with E-state index in [9.17, 15) is 9.59 Å². The van der Waals surface area contributed by atoms with Gasteiger partial charge in [-0.3, -0.25) is 4.79 Å². The topological polar surface area (TPSA) is 75.6 Å². The maximum atomic E-state index is 11.7. The van der Waals surface area contributed by atoms with Crippen molar-refractivity contribution >= 4 is 23.5 Å². The first-order valence-corrected chi connectivity index (χ1v) is 6.59. The van der Waals surface area contributed by atoms with E-state index in [4.69, 9.17) is 21.4 Å². The number of halogens is 1. The third-order valence-electron chi connectivity index (χ3n) is 3.04. The molecular formula is C14H18ClNO4. The van der Waals surface area contributed by atoms with Crippen molar-refractivity contribution in [2.75, 3.05) is 6.61 Å². The number of aryl methyl sites for hydroxylation is 1. The number of amides is 1. The molecule has 0 aliphatic rings. The van der Waals surface area contributed by atoms with E-state index in [1.54, 1.807) is 19.1 Å². The van der Waals surface area contributed by atoms with E-state index in [1.807, 2.05) is 13.0 Å². The Balaban J connectivity index is 2.64. The van der Waals surface area contributed by atoms with Crippen molar-refractivity contribution in [3.8, 4) is 5.75 Å². The molecule has 5 nitrogen and oxygen atoms in total. The lowest BCUT2D eigenvalue weighted by atomic mass is 9.99. The highest BCUT2D eigenvalue weighted by atomic mass is 35.5. The number of ether oxygens (including phenoxy) is 1. The molecule has 0 heterocycles. The average molecular weight is 300 g/mol. The molecule has 0 aromatic heterocycles. The molecule has 1 atom stereocenters. The minimum Gasteiger partial charge on any atom is -0.482 e. The number of carboxylic acid groups (broad SMARTS) is 1. The second-order valence-corrected chi connectivity index (χ2v) is 5.17. The maximum absolute atomic E-state index is 11.7. The highest BCUT2D eigenvalue weighted by Crippen LogP contribution is 2.25. The first kappa shape index (κ1) is 16.3. The number of benzene rings is 1. The van der Waals surface area contributed by atoms with Gasteiger partial charge in [-0.2, -0.15) is 0 Å². The van der Waals surface area contributed by atoms with Crippen LogP contribution in [0.25, 0.3) is 0 Å². The molecule has 0 spiro atoms. The van der Waals surface area contributed by atoms with Gasteiger partial charge < -0.3 is 15.2 Å². The summed E-state index contributed by atoms with van der Waals surface area (Å²) in [5.74, 6) is -1.19. The van der Waals surface area contributed by atoms with Gasteiger partial charge in [-0.15, -0.1) is 0 Å². The predicted molar refractivity (Wildman–Crippen MR) is 76.2 cm³/mol. The van der Waals surface area contributed by atoms with Gasteiger partial charge in [-0.1, -0.05) is 24.6 Å². The normalized spacial score (nSPS) is 13.4. The van der Waals surface area contributed by atoms with E-state index in [-0.39, 0.29) is 13.0 Å². The molecule has 0 aliphatic carbocycles. The predicted octanol–water partition coefficient (Wildman–Crippen LogP) is 2.40. The summed E-state index contributed by atoms with van der Waals surface area (Å²) >= 11 is 5.94. The van der Waals surface area contributed by atoms with Gasteiger partial charge in [0, 0.05) is 0 Å². The highest BCUT2D eigenvalue weighted by molar-refractivity contribution is 6.32. The summed E-state index contributed by atoms with van der Waals surface area (Å²) in [5.41, 5.74) is -0.342. The summed E-state index contributed by atoms with van der Waals surface area (Å²) in [7, 11) is 0. The van der Waals surface area contributed by atoms with Crippen molar-refractivity contribution in [2.45, 2.75) is 32.7 Å². The molecule has 1 aromatic carbocycles. The Kier molecular flexibility index (Phi) is 5.39. The Morgan fingerprint density at radius 1 is 1.45 bits per heavy atom. The zero-order valence-electron chi connectivity index (χ0n) is 11.7. The second kappa shape index (κ2) is 6.61. The van der Waals surface area contributed by atoms with Crippen LogP contribution in [0.2, 0.25) is 5.02 Å². The fraction of sp³-hybridized carbons (Fsp3) is 0.429. The van der Waals surface area contributed by atoms with Crippen molar-refractivity contribution in [3.05, 3.63) is 28.8 Å². The number of aliphatic carboxylic acids is 1. The van der Waals surface area contributed by atoms with Crippen molar-refractivity contribution in [1.29, 1.82) is 0 Å². The van der Waals surface area contributed by atoms with Gasteiger partial charge in [0.15, 0.2) is 6.61 Å². The Hall–Kier alpha value is -1.75. The Morgan fingerprint density at radius 3 is 2.65 bits per heavy atom. The fourth-order valence-electron chi connectivity index (χ4n) is 1.50. The summed E-state index contributed by atoms with van der Waals surface area (Å²) < 4.78 is 5.31. The number of carbonyl (C=O) groups excluding carboxylic acids is 1. The number of carboxylic acids is 1. The molecule has 2 N–H and O–H groups in total. The summed E-state index contributed by atoms with van der Waals surface area (Å²) in [6.45, 7) is 4.73. The van der Waals surface area contributed by atoms with Crippen LogP contribution in [-0.4, -0.2) is 29.1 Å². The third kappa shape index (κ3) is 4.13. The van der Waals surface area contributed by atoms with E-state index in [0.29, 0.717) is 10.8 Å². The quantitative estimate of drug-likeness (QED) is 0.846. The molecule has 0 fully saturated rings. The first-order valence-electron chi connectivity index (χ1n) is 6.22. The van der Waals surface area contributed by atoms with E-state index >= 15 is 0 Å². The van der Waals surface area contributed by atoms with Crippen LogP contribution in [0.15, 0.2) is 18.2 Å². The monoisotopic (exact) mass is 299 g/mol. The van der Waals surface area contributed by atoms with Crippen LogP contribution in [-0.2, 0) is 9.59 Å². The van der Waals surface area contributed by atoms with Crippen LogP contribution in [0.1, 0.15) is 25.8 Å². The van der Waals surface area contributed by atoms with Gasteiger partial charge >= 0.3 is 5.97 Å². The summed E-state index contributed by atoms with van der Waals surface area (Å²) in [4.78, 5) is 22.8. The van der Waals surface area contributed by atoms with Gasteiger partial charge in [0.2, 0.25) is 0 Å². The Labute approximate surface area is 122 Å². The van der Waals surface area contributed by atoms with Gasteiger partial charge in [0.05, 0.1) is 5.02 Å².